The second-order valence-electron chi connectivity index (χ2n) is 4.97. The van der Waals surface area contributed by atoms with Crippen molar-refractivity contribution < 1.29 is 44.5 Å². The van der Waals surface area contributed by atoms with Crippen molar-refractivity contribution in [3.05, 3.63) is 0 Å². The maximum Gasteiger partial charge on any atom is 1.00 e. The summed E-state index contributed by atoms with van der Waals surface area (Å²) in [6.07, 6.45) is 1.10. The van der Waals surface area contributed by atoms with Crippen LogP contribution in [-0.4, -0.2) is 30.2 Å². The normalized spacial score (nSPS) is 32.9. The Morgan fingerprint density at radius 1 is 1.30 bits per heavy atom. The number of methoxy groups -OCH3 is 1. The summed E-state index contributed by atoms with van der Waals surface area (Å²) in [6, 6.07) is 0. The molecule has 0 saturated heterocycles. The van der Waals surface area contributed by atoms with E-state index in [2.05, 4.69) is 25.4 Å². The van der Waals surface area contributed by atoms with Crippen LogP contribution in [0.5, 0.6) is 0 Å². The molecule has 8 nitrogen and oxygen atoms in total. The Morgan fingerprint density at radius 2 is 1.95 bits per heavy atom. The molecule has 0 radical (unpaired) electrons. The number of nitrogens with zero attached hydrogens (tertiary/aromatic N) is 4. The van der Waals surface area contributed by atoms with Gasteiger partial charge < -0.3 is 15.0 Å². The van der Waals surface area contributed by atoms with Crippen LogP contribution in [0.25, 0.3) is 0 Å². The van der Waals surface area contributed by atoms with E-state index in [-0.39, 0.29) is 47.2 Å². The third-order valence-corrected chi connectivity index (χ3v) is 3.51. The van der Waals surface area contributed by atoms with Gasteiger partial charge in [-0.05, 0) is 12.8 Å². The standard InChI is InChI=1S/C11H17N5O3.Na/c1-6-4-11(15-16-19-17)5-7(2)9(18-3)14-10(11)13-8(6)12;/h6-7,12,17H,4-5H2,1-3H3;/q;+1/p-1. The van der Waals surface area contributed by atoms with E-state index in [1.165, 1.54) is 0 Å². The van der Waals surface area contributed by atoms with Gasteiger partial charge in [-0.15, -0.1) is 5.11 Å². The van der Waals surface area contributed by atoms with Crippen LogP contribution in [0.2, 0.25) is 0 Å². The van der Waals surface area contributed by atoms with E-state index < -0.39 is 5.54 Å². The first-order valence-corrected chi connectivity index (χ1v) is 6.04. The molecule has 0 aromatic carbocycles. The Hall–Kier alpha value is -0.830. The number of rotatable bonds is 2. The molecule has 0 aromatic heterocycles. The maximum atomic E-state index is 10.1. The van der Waals surface area contributed by atoms with Crippen LogP contribution in [-0.2, 0) is 9.73 Å². The van der Waals surface area contributed by atoms with Crippen LogP contribution in [0, 0.1) is 17.2 Å². The second kappa shape index (κ2) is 6.75. The predicted molar refractivity (Wildman–Crippen MR) is 65.8 cm³/mol. The molecule has 0 spiro atoms. The fourth-order valence-electron chi connectivity index (χ4n) is 2.60. The van der Waals surface area contributed by atoms with Gasteiger partial charge in [0.25, 0.3) is 0 Å². The van der Waals surface area contributed by atoms with Crippen molar-refractivity contribution in [3.8, 4) is 0 Å². The van der Waals surface area contributed by atoms with Gasteiger partial charge in [-0.3, -0.25) is 5.41 Å². The van der Waals surface area contributed by atoms with Crippen LogP contribution in [0.4, 0.5) is 0 Å². The second-order valence-corrected chi connectivity index (χ2v) is 4.97. The topological polar surface area (TPSA) is 115 Å². The van der Waals surface area contributed by atoms with Gasteiger partial charge in [-0.1, -0.05) is 13.8 Å². The summed E-state index contributed by atoms with van der Waals surface area (Å²) in [5, 5.41) is 25.0. The summed E-state index contributed by atoms with van der Waals surface area (Å²) in [6.45, 7) is 3.84. The van der Waals surface area contributed by atoms with Crippen molar-refractivity contribution in [1.29, 1.82) is 5.41 Å². The Morgan fingerprint density at radius 3 is 2.55 bits per heavy atom. The Kier molecular flexibility index (Phi) is 5.81. The monoisotopic (exact) mass is 289 g/mol. The average molecular weight is 289 g/mol. The summed E-state index contributed by atoms with van der Waals surface area (Å²) < 4.78 is 5.20. The van der Waals surface area contributed by atoms with E-state index in [1.807, 2.05) is 13.8 Å². The molecule has 20 heavy (non-hydrogen) atoms. The molecule has 9 heteroatoms. The summed E-state index contributed by atoms with van der Waals surface area (Å²) in [5.41, 5.74) is -0.796. The molecule has 0 aromatic rings. The van der Waals surface area contributed by atoms with Crippen molar-refractivity contribution in [3.63, 3.8) is 0 Å². The number of aliphatic imine (C=N–C) groups is 2. The largest absolute Gasteiger partial charge is 1.00 e. The molecule has 2 rings (SSSR count). The van der Waals surface area contributed by atoms with Crippen LogP contribution >= 0.6 is 0 Å². The molecule has 0 bridgehead atoms. The van der Waals surface area contributed by atoms with Gasteiger partial charge in [0.05, 0.1) is 7.11 Å². The zero-order valence-electron chi connectivity index (χ0n) is 12.1. The third kappa shape index (κ3) is 3.08. The van der Waals surface area contributed by atoms with Gasteiger partial charge in [0.2, 0.25) is 0 Å². The molecular weight excluding hydrogens is 273 g/mol. The molecule has 104 valence electrons. The van der Waals surface area contributed by atoms with E-state index in [1.54, 1.807) is 7.11 Å². The van der Waals surface area contributed by atoms with E-state index in [4.69, 9.17) is 10.1 Å². The smallest absolute Gasteiger partial charge is 0.636 e. The Balaban J connectivity index is 0.00000200. The molecule has 0 fully saturated rings. The fourth-order valence-corrected chi connectivity index (χ4v) is 2.60. The molecule has 3 atom stereocenters. The van der Waals surface area contributed by atoms with E-state index in [0.29, 0.717) is 24.6 Å². The van der Waals surface area contributed by atoms with Crippen molar-refractivity contribution >= 4 is 17.6 Å². The molecular formula is C11H16N5NaO3. The van der Waals surface area contributed by atoms with Gasteiger partial charge in [-0.25, -0.2) is 4.99 Å². The number of nitrogens with one attached hydrogen (secondary N) is 1. The Labute approximate surface area is 139 Å². The van der Waals surface area contributed by atoms with Crippen LogP contribution < -0.4 is 34.8 Å². The summed E-state index contributed by atoms with van der Waals surface area (Å²) in [7, 11) is 1.54. The van der Waals surface area contributed by atoms with Crippen LogP contribution in [0.15, 0.2) is 20.4 Å². The molecule has 0 saturated carbocycles. The number of hydrogen-bond donors (Lipinski definition) is 1. The molecule has 2 aliphatic rings. The molecule has 2 heterocycles. The van der Waals surface area contributed by atoms with E-state index >= 15 is 0 Å². The van der Waals surface area contributed by atoms with E-state index in [9.17, 15) is 5.26 Å². The molecule has 0 amide bonds. The number of hydrogen-bond acceptors (Lipinski definition) is 7. The van der Waals surface area contributed by atoms with E-state index in [0.717, 1.165) is 0 Å². The van der Waals surface area contributed by atoms with Crippen molar-refractivity contribution in [1.82, 2.24) is 0 Å². The minimum absolute atomic E-state index is 0. The van der Waals surface area contributed by atoms with Gasteiger partial charge >= 0.3 is 29.6 Å². The average Bonchev–Trinajstić information content (AvgIpc) is 2.38. The summed E-state index contributed by atoms with van der Waals surface area (Å²) in [4.78, 5) is 11.9. The summed E-state index contributed by atoms with van der Waals surface area (Å²) in [5.74, 6) is 1.13. The van der Waals surface area contributed by atoms with Gasteiger partial charge in [0, 0.05) is 17.1 Å². The fraction of sp³-hybridized carbons (Fsp3) is 0.727. The van der Waals surface area contributed by atoms with Crippen molar-refractivity contribution in [2.45, 2.75) is 32.2 Å². The molecule has 3 unspecified atom stereocenters. The van der Waals surface area contributed by atoms with Crippen molar-refractivity contribution in [2.24, 2.45) is 32.2 Å². The minimum Gasteiger partial charge on any atom is -0.636 e. The number of fused-ring (bicyclic) bond motifs is 1. The summed E-state index contributed by atoms with van der Waals surface area (Å²) >= 11 is 0. The predicted octanol–water partition coefficient (Wildman–Crippen LogP) is -2.11. The van der Waals surface area contributed by atoms with Crippen LogP contribution in [0.1, 0.15) is 26.7 Å². The third-order valence-electron chi connectivity index (χ3n) is 3.51. The first-order valence-electron chi connectivity index (χ1n) is 6.04. The zero-order valence-corrected chi connectivity index (χ0v) is 14.1. The minimum atomic E-state index is -0.796. The van der Waals surface area contributed by atoms with Gasteiger partial charge in [0.1, 0.15) is 11.4 Å². The van der Waals surface area contributed by atoms with Crippen LogP contribution in [0.3, 0.4) is 0 Å². The SMILES string of the molecule is COC1=NC2=NC(=N)C(C)CC2(N=NO[O-])CC1C.[Na+]. The molecule has 0 aliphatic carbocycles. The molecule has 2 aliphatic heterocycles. The molecule has 1 N–H and O–H groups in total. The first kappa shape index (κ1) is 17.2. The number of amidine groups is 2. The zero-order chi connectivity index (χ0) is 14.0. The first-order chi connectivity index (χ1) is 9.02. The van der Waals surface area contributed by atoms with Gasteiger partial charge in [-0.2, -0.15) is 4.99 Å². The van der Waals surface area contributed by atoms with Gasteiger partial charge in [0.15, 0.2) is 11.7 Å². The number of ether oxygens (including phenoxy) is 1. The maximum absolute atomic E-state index is 10.1. The quantitative estimate of drug-likeness (QED) is 0.271. The Bertz CT molecular complexity index is 479. The van der Waals surface area contributed by atoms with Crippen molar-refractivity contribution in [2.75, 3.05) is 7.11 Å².